The van der Waals surface area contributed by atoms with Crippen LogP contribution in [0, 0.1) is 0 Å². The molecule has 17 heavy (non-hydrogen) atoms. The van der Waals surface area contributed by atoms with Crippen LogP contribution in [0.2, 0.25) is 0 Å². The Morgan fingerprint density at radius 1 is 1.00 bits per heavy atom. The van der Waals surface area contributed by atoms with Gasteiger partial charge in [-0.2, -0.15) is 0 Å². The van der Waals surface area contributed by atoms with Crippen molar-refractivity contribution in [3.05, 3.63) is 48.5 Å². The molecule has 0 fully saturated rings. The summed E-state index contributed by atoms with van der Waals surface area (Å²) >= 11 is 0. The van der Waals surface area contributed by atoms with Crippen LogP contribution in [-0.2, 0) is 6.67 Å². The molecular weight excluding hydrogens is 210 g/mol. The lowest BCUT2D eigenvalue weighted by Gasteiger charge is -2.20. The molecule has 0 aliphatic carbocycles. The minimum absolute atomic E-state index is 0.785. The second-order valence-corrected chi connectivity index (χ2v) is 4.23. The fraction of sp³-hybridized carbons (Fsp3) is 0.0714. The normalized spacial score (nSPS) is 12.9. The molecular formula is C14H11N3. The summed E-state index contributed by atoms with van der Waals surface area (Å²) in [5, 5.41) is 3.42. The van der Waals surface area contributed by atoms with E-state index in [-0.39, 0.29) is 0 Å². The topological polar surface area (TPSA) is 29.9 Å². The van der Waals surface area contributed by atoms with Gasteiger partial charge in [-0.05, 0) is 24.3 Å². The number of aromatic nitrogens is 2. The highest BCUT2D eigenvalue weighted by molar-refractivity contribution is 5.85. The Bertz CT molecular complexity index is 712. The summed E-state index contributed by atoms with van der Waals surface area (Å²) < 4.78 is 2.22. The molecule has 1 aromatic heterocycles. The van der Waals surface area contributed by atoms with Gasteiger partial charge in [-0.25, -0.2) is 4.98 Å². The summed E-state index contributed by atoms with van der Waals surface area (Å²) in [7, 11) is 0. The predicted molar refractivity (Wildman–Crippen MR) is 68.8 cm³/mol. The van der Waals surface area contributed by atoms with Crippen LogP contribution in [0.25, 0.3) is 22.4 Å². The second kappa shape index (κ2) is 3.10. The quantitative estimate of drug-likeness (QED) is 0.632. The van der Waals surface area contributed by atoms with Crippen LogP contribution in [0.4, 0.5) is 5.69 Å². The van der Waals surface area contributed by atoms with E-state index < -0.39 is 0 Å². The first-order chi connectivity index (χ1) is 8.43. The summed E-state index contributed by atoms with van der Waals surface area (Å²) in [6.07, 6.45) is 0. The highest BCUT2D eigenvalue weighted by Crippen LogP contribution is 2.33. The van der Waals surface area contributed by atoms with E-state index in [4.69, 9.17) is 4.98 Å². The molecule has 0 unspecified atom stereocenters. The Morgan fingerprint density at radius 2 is 1.82 bits per heavy atom. The SMILES string of the molecule is c1ccc2c(c1)NCn1c-2nc2ccccc21. The van der Waals surface area contributed by atoms with E-state index in [0.717, 1.165) is 23.7 Å². The van der Waals surface area contributed by atoms with Crippen molar-refractivity contribution >= 4 is 16.7 Å². The number of fused-ring (bicyclic) bond motifs is 5. The van der Waals surface area contributed by atoms with E-state index in [1.54, 1.807) is 0 Å². The van der Waals surface area contributed by atoms with Crippen LogP contribution in [0.1, 0.15) is 0 Å². The first-order valence-corrected chi connectivity index (χ1v) is 5.72. The number of rotatable bonds is 0. The van der Waals surface area contributed by atoms with E-state index in [9.17, 15) is 0 Å². The third kappa shape index (κ3) is 1.13. The van der Waals surface area contributed by atoms with Crippen molar-refractivity contribution in [2.24, 2.45) is 0 Å². The maximum absolute atomic E-state index is 4.72. The van der Waals surface area contributed by atoms with Gasteiger partial charge in [-0.3, -0.25) is 0 Å². The van der Waals surface area contributed by atoms with Gasteiger partial charge in [0.05, 0.1) is 17.7 Å². The van der Waals surface area contributed by atoms with Crippen LogP contribution in [0.15, 0.2) is 48.5 Å². The molecule has 82 valence electrons. The lowest BCUT2D eigenvalue weighted by molar-refractivity contribution is 0.794. The molecule has 0 atom stereocenters. The molecule has 0 bridgehead atoms. The number of imidazole rings is 1. The molecule has 0 spiro atoms. The third-order valence-corrected chi connectivity index (χ3v) is 3.25. The van der Waals surface area contributed by atoms with Crippen LogP contribution in [-0.4, -0.2) is 9.55 Å². The zero-order chi connectivity index (χ0) is 11.2. The highest BCUT2D eigenvalue weighted by atomic mass is 15.2. The second-order valence-electron chi connectivity index (χ2n) is 4.23. The van der Waals surface area contributed by atoms with Crippen LogP contribution in [0.5, 0.6) is 0 Å². The molecule has 3 aromatic rings. The zero-order valence-corrected chi connectivity index (χ0v) is 9.22. The number of hydrogen-bond acceptors (Lipinski definition) is 2. The fourth-order valence-corrected chi connectivity index (χ4v) is 2.44. The molecule has 1 aliphatic heterocycles. The van der Waals surface area contributed by atoms with E-state index in [0.29, 0.717) is 0 Å². The van der Waals surface area contributed by atoms with Crippen LogP contribution in [0.3, 0.4) is 0 Å². The average Bonchev–Trinajstić information content (AvgIpc) is 2.78. The van der Waals surface area contributed by atoms with Crippen molar-refractivity contribution in [1.82, 2.24) is 9.55 Å². The first-order valence-electron chi connectivity index (χ1n) is 5.72. The van der Waals surface area contributed by atoms with Gasteiger partial charge in [0.2, 0.25) is 0 Å². The highest BCUT2D eigenvalue weighted by Gasteiger charge is 2.18. The van der Waals surface area contributed by atoms with Crippen LogP contribution >= 0.6 is 0 Å². The fourth-order valence-electron chi connectivity index (χ4n) is 2.44. The minimum Gasteiger partial charge on any atom is -0.367 e. The maximum Gasteiger partial charge on any atom is 0.144 e. The van der Waals surface area contributed by atoms with Gasteiger partial charge in [0.1, 0.15) is 5.82 Å². The third-order valence-electron chi connectivity index (χ3n) is 3.25. The standard InChI is InChI=1S/C14H11N3/c1-2-6-11-10(5-1)14-16-12-7-3-4-8-13(12)17(14)9-15-11/h1-8,15H,9H2. The summed E-state index contributed by atoms with van der Waals surface area (Å²) in [5.74, 6) is 1.06. The Balaban J connectivity index is 2.10. The number of nitrogens with one attached hydrogen (secondary N) is 1. The molecule has 3 nitrogen and oxygen atoms in total. The zero-order valence-electron chi connectivity index (χ0n) is 9.22. The number of benzene rings is 2. The number of anilines is 1. The van der Waals surface area contributed by atoms with Gasteiger partial charge in [-0.15, -0.1) is 0 Å². The van der Waals surface area contributed by atoms with Crippen molar-refractivity contribution in [3.8, 4) is 11.4 Å². The van der Waals surface area contributed by atoms with Gasteiger partial charge < -0.3 is 9.88 Å². The lowest BCUT2D eigenvalue weighted by Crippen LogP contribution is -2.15. The molecule has 0 radical (unpaired) electrons. The van der Waals surface area contributed by atoms with Gasteiger partial charge in [0.25, 0.3) is 0 Å². The molecule has 3 heteroatoms. The van der Waals surface area contributed by atoms with Crippen molar-refractivity contribution in [3.63, 3.8) is 0 Å². The number of hydrogen-bond donors (Lipinski definition) is 1. The Morgan fingerprint density at radius 3 is 2.82 bits per heavy atom. The summed E-state index contributed by atoms with van der Waals surface area (Å²) in [6, 6.07) is 16.6. The molecule has 4 rings (SSSR count). The van der Waals surface area contributed by atoms with E-state index in [2.05, 4.69) is 46.3 Å². The maximum atomic E-state index is 4.72. The van der Waals surface area contributed by atoms with Gasteiger partial charge >= 0.3 is 0 Å². The Hall–Kier alpha value is -2.29. The minimum atomic E-state index is 0.785. The summed E-state index contributed by atoms with van der Waals surface area (Å²) in [5.41, 5.74) is 4.58. The molecule has 2 aromatic carbocycles. The van der Waals surface area contributed by atoms with Crippen molar-refractivity contribution in [1.29, 1.82) is 0 Å². The molecule has 1 N–H and O–H groups in total. The molecule has 2 heterocycles. The Labute approximate surface area is 98.7 Å². The lowest BCUT2D eigenvalue weighted by atomic mass is 10.1. The average molecular weight is 221 g/mol. The van der Waals surface area contributed by atoms with Crippen LogP contribution < -0.4 is 5.32 Å². The van der Waals surface area contributed by atoms with Crippen molar-refractivity contribution in [2.75, 3.05) is 5.32 Å². The number of para-hydroxylation sites is 3. The summed E-state index contributed by atoms with van der Waals surface area (Å²) in [4.78, 5) is 4.72. The van der Waals surface area contributed by atoms with E-state index in [1.807, 2.05) is 12.1 Å². The van der Waals surface area contributed by atoms with Gasteiger partial charge in [0.15, 0.2) is 0 Å². The number of nitrogens with zero attached hydrogens (tertiary/aromatic N) is 2. The van der Waals surface area contributed by atoms with Gasteiger partial charge in [-0.1, -0.05) is 24.3 Å². The monoisotopic (exact) mass is 221 g/mol. The molecule has 0 saturated carbocycles. The van der Waals surface area contributed by atoms with E-state index in [1.165, 1.54) is 11.1 Å². The molecule has 0 saturated heterocycles. The Kier molecular flexibility index (Phi) is 1.61. The first kappa shape index (κ1) is 8.82. The smallest absolute Gasteiger partial charge is 0.144 e. The largest absolute Gasteiger partial charge is 0.367 e. The molecule has 1 aliphatic rings. The van der Waals surface area contributed by atoms with Crippen molar-refractivity contribution in [2.45, 2.75) is 6.67 Å². The van der Waals surface area contributed by atoms with Gasteiger partial charge in [0, 0.05) is 11.3 Å². The van der Waals surface area contributed by atoms with E-state index >= 15 is 0 Å². The molecule has 0 amide bonds. The summed E-state index contributed by atoms with van der Waals surface area (Å²) in [6.45, 7) is 0.785. The predicted octanol–water partition coefficient (Wildman–Crippen LogP) is 3.09. The van der Waals surface area contributed by atoms with Crippen molar-refractivity contribution < 1.29 is 0 Å².